The Balaban J connectivity index is 3.07. The van der Waals surface area contributed by atoms with Gasteiger partial charge in [-0.1, -0.05) is 55.2 Å². The first-order chi connectivity index (χ1) is 25.3. The second kappa shape index (κ2) is 47.7. The molecule has 14 nitrogen and oxygen atoms in total. The first-order valence-electron chi connectivity index (χ1n) is 19.0. The minimum atomic E-state index is -0.159. The SMILES string of the molecule is CCCCCC(=O)OCCOCCOCCOCCOCCOCCOCCOCCOCCOCCOCCOCCOCCCCCCI. The lowest BCUT2D eigenvalue weighted by molar-refractivity contribution is -0.145. The molecule has 0 aliphatic heterocycles. The van der Waals surface area contributed by atoms with E-state index in [-0.39, 0.29) is 12.6 Å². The van der Waals surface area contributed by atoms with Crippen molar-refractivity contribution >= 4 is 28.6 Å². The lowest BCUT2D eigenvalue weighted by Crippen LogP contribution is -2.15. The molecule has 0 atom stereocenters. The van der Waals surface area contributed by atoms with E-state index in [0.29, 0.717) is 158 Å². The molecule has 0 radical (unpaired) electrons. The Morgan fingerprint density at radius 3 is 0.902 bits per heavy atom. The lowest BCUT2D eigenvalue weighted by Gasteiger charge is -2.09. The number of esters is 1. The Kier molecular flexibility index (Phi) is 47.5. The number of hydrogen-bond acceptors (Lipinski definition) is 14. The smallest absolute Gasteiger partial charge is 0.305 e. The molecule has 0 rings (SSSR count). The summed E-state index contributed by atoms with van der Waals surface area (Å²) in [5, 5.41) is 0. The first kappa shape index (κ1) is 50.7. The molecule has 0 aliphatic rings. The van der Waals surface area contributed by atoms with Crippen molar-refractivity contribution in [1.82, 2.24) is 0 Å². The summed E-state index contributed by atoms with van der Waals surface area (Å²) in [7, 11) is 0. The van der Waals surface area contributed by atoms with Crippen molar-refractivity contribution < 1.29 is 66.4 Å². The molecule has 0 amide bonds. The monoisotopic (exact) mass is 854 g/mol. The van der Waals surface area contributed by atoms with Gasteiger partial charge < -0.3 is 61.6 Å². The fourth-order valence-corrected chi connectivity index (χ4v) is 4.52. The predicted octanol–water partition coefficient (Wildman–Crippen LogP) is 4.30. The van der Waals surface area contributed by atoms with Crippen LogP contribution in [0.15, 0.2) is 0 Å². The summed E-state index contributed by atoms with van der Waals surface area (Å²) in [6, 6.07) is 0. The van der Waals surface area contributed by atoms with Crippen molar-refractivity contribution in [3.05, 3.63) is 0 Å². The molecular weight excluding hydrogens is 783 g/mol. The first-order valence-corrected chi connectivity index (χ1v) is 20.5. The van der Waals surface area contributed by atoms with E-state index in [9.17, 15) is 4.79 Å². The highest BCUT2D eigenvalue weighted by molar-refractivity contribution is 14.1. The van der Waals surface area contributed by atoms with Gasteiger partial charge in [0.1, 0.15) is 6.61 Å². The largest absolute Gasteiger partial charge is 0.463 e. The Hall–Kier alpha value is -0.280. The van der Waals surface area contributed by atoms with Crippen molar-refractivity contribution in [1.29, 1.82) is 0 Å². The second-order valence-corrected chi connectivity index (χ2v) is 12.2. The van der Waals surface area contributed by atoms with Gasteiger partial charge in [-0.05, 0) is 23.7 Å². The van der Waals surface area contributed by atoms with E-state index in [1.54, 1.807) is 0 Å². The number of unbranched alkanes of at least 4 members (excludes halogenated alkanes) is 5. The van der Waals surface area contributed by atoms with Crippen molar-refractivity contribution in [3.63, 3.8) is 0 Å². The molecule has 0 saturated carbocycles. The fraction of sp³-hybridized carbons (Fsp3) is 0.972. The molecule has 0 unspecified atom stereocenters. The van der Waals surface area contributed by atoms with Gasteiger partial charge in [-0.3, -0.25) is 4.79 Å². The van der Waals surface area contributed by atoms with Crippen molar-refractivity contribution in [2.75, 3.05) is 170 Å². The summed E-state index contributed by atoms with van der Waals surface area (Å²) >= 11 is 2.42. The van der Waals surface area contributed by atoms with Gasteiger partial charge in [-0.2, -0.15) is 0 Å². The van der Waals surface area contributed by atoms with E-state index < -0.39 is 0 Å². The van der Waals surface area contributed by atoms with E-state index in [1.165, 1.54) is 23.7 Å². The Labute approximate surface area is 321 Å². The quantitative estimate of drug-likeness (QED) is 0.0373. The zero-order valence-corrected chi connectivity index (χ0v) is 33.8. The van der Waals surface area contributed by atoms with Crippen LogP contribution >= 0.6 is 22.6 Å². The molecule has 51 heavy (non-hydrogen) atoms. The highest BCUT2D eigenvalue weighted by Crippen LogP contribution is 2.02. The van der Waals surface area contributed by atoms with E-state index in [0.717, 1.165) is 32.3 Å². The van der Waals surface area contributed by atoms with Crippen LogP contribution in [-0.2, 0) is 66.4 Å². The number of hydrogen-bond donors (Lipinski definition) is 0. The highest BCUT2D eigenvalue weighted by Gasteiger charge is 2.02. The number of carbonyl (C=O) groups is 1. The molecule has 0 aliphatic carbocycles. The van der Waals surface area contributed by atoms with E-state index >= 15 is 0 Å². The molecule has 0 saturated heterocycles. The van der Waals surface area contributed by atoms with Crippen LogP contribution in [0.4, 0.5) is 0 Å². The van der Waals surface area contributed by atoms with Gasteiger partial charge in [-0.15, -0.1) is 0 Å². The summed E-state index contributed by atoms with van der Waals surface area (Å²) in [6.07, 6.45) is 8.46. The molecule has 0 aromatic heterocycles. The predicted molar refractivity (Wildman–Crippen MR) is 202 cm³/mol. The minimum Gasteiger partial charge on any atom is -0.463 e. The maximum absolute atomic E-state index is 11.5. The molecule has 15 heteroatoms. The highest BCUT2D eigenvalue weighted by atomic mass is 127. The number of carbonyl (C=O) groups excluding carboxylic acids is 1. The summed E-state index contributed by atoms with van der Waals surface area (Å²) < 4.78 is 72.1. The number of halogens is 1. The Bertz CT molecular complexity index is 653. The average molecular weight is 855 g/mol. The topological polar surface area (TPSA) is 137 Å². The van der Waals surface area contributed by atoms with Crippen LogP contribution in [0.1, 0.15) is 58.3 Å². The van der Waals surface area contributed by atoms with Gasteiger partial charge in [-0.25, -0.2) is 0 Å². The number of ether oxygens (including phenoxy) is 13. The van der Waals surface area contributed by atoms with Gasteiger partial charge in [0.2, 0.25) is 0 Å². The van der Waals surface area contributed by atoms with Crippen molar-refractivity contribution in [2.24, 2.45) is 0 Å². The molecule has 0 bridgehead atoms. The van der Waals surface area contributed by atoms with Crippen LogP contribution in [0.5, 0.6) is 0 Å². The summed E-state index contributed by atoms with van der Waals surface area (Å²) in [6.45, 7) is 15.0. The van der Waals surface area contributed by atoms with Gasteiger partial charge in [0, 0.05) is 13.0 Å². The summed E-state index contributed by atoms with van der Waals surface area (Å²) in [5.41, 5.74) is 0. The van der Waals surface area contributed by atoms with Crippen molar-refractivity contribution in [2.45, 2.75) is 58.3 Å². The maximum atomic E-state index is 11.5. The van der Waals surface area contributed by atoms with Crippen LogP contribution in [0.25, 0.3) is 0 Å². The minimum absolute atomic E-state index is 0.159. The number of alkyl halides is 1. The number of rotatable bonds is 46. The normalized spacial score (nSPS) is 11.5. The average Bonchev–Trinajstić information content (AvgIpc) is 3.13. The van der Waals surface area contributed by atoms with E-state index in [4.69, 9.17) is 61.6 Å². The van der Waals surface area contributed by atoms with Gasteiger partial charge >= 0.3 is 5.97 Å². The molecule has 0 spiro atoms. The van der Waals surface area contributed by atoms with Crippen LogP contribution in [0.3, 0.4) is 0 Å². The Morgan fingerprint density at radius 1 is 0.333 bits per heavy atom. The second-order valence-electron chi connectivity index (χ2n) is 11.1. The van der Waals surface area contributed by atoms with Crippen LogP contribution < -0.4 is 0 Å². The van der Waals surface area contributed by atoms with Crippen molar-refractivity contribution in [3.8, 4) is 0 Å². The van der Waals surface area contributed by atoms with Gasteiger partial charge in [0.15, 0.2) is 0 Å². The third-order valence-corrected chi connectivity index (χ3v) is 7.50. The van der Waals surface area contributed by atoms with E-state index in [2.05, 4.69) is 29.5 Å². The Morgan fingerprint density at radius 2 is 0.608 bits per heavy atom. The van der Waals surface area contributed by atoms with Crippen LogP contribution in [-0.4, -0.2) is 176 Å². The van der Waals surface area contributed by atoms with Crippen LogP contribution in [0.2, 0.25) is 0 Å². The maximum Gasteiger partial charge on any atom is 0.305 e. The fourth-order valence-electron chi connectivity index (χ4n) is 3.98. The third kappa shape index (κ3) is 47.7. The summed E-state index contributed by atoms with van der Waals surface area (Å²) in [4.78, 5) is 11.5. The molecule has 0 aromatic rings. The van der Waals surface area contributed by atoms with Gasteiger partial charge in [0.05, 0.1) is 152 Å². The van der Waals surface area contributed by atoms with E-state index in [1.807, 2.05) is 0 Å². The molecule has 0 fully saturated rings. The molecule has 0 N–H and O–H groups in total. The van der Waals surface area contributed by atoms with Crippen LogP contribution in [0, 0.1) is 0 Å². The molecule has 0 heterocycles. The lowest BCUT2D eigenvalue weighted by atomic mass is 10.2. The zero-order valence-electron chi connectivity index (χ0n) is 31.6. The summed E-state index contributed by atoms with van der Waals surface area (Å²) in [5.74, 6) is -0.159. The molecule has 0 aromatic carbocycles. The van der Waals surface area contributed by atoms with Gasteiger partial charge in [0.25, 0.3) is 0 Å². The standard InChI is InChI=1S/C36H71IO14/c1-2-3-6-9-36(38)51-35-34-50-33-32-49-31-30-48-29-28-47-27-26-46-25-24-45-23-22-44-21-20-43-19-18-42-17-16-41-15-14-40-13-12-39-11-8-5-4-7-10-37/h2-35H2,1H3. The zero-order chi connectivity index (χ0) is 36.8. The molecular formula is C36H71IO14. The molecule has 306 valence electrons. The third-order valence-electron chi connectivity index (χ3n) is 6.74.